The standard InChI is InChI=1S/C16H21NO3/c1-19-14-7-6-11(12-9-16(18)17-10-12)8-15(14)20-13-4-2-3-5-13/h6-8,12-13H,2-5,9-10H2,1H3,(H,17,18)/i9D2,12D,13D. The second kappa shape index (κ2) is 5.73. The van der Waals surface area contributed by atoms with Gasteiger partial charge in [0.1, 0.15) is 0 Å². The van der Waals surface area contributed by atoms with Crippen molar-refractivity contribution in [1.29, 1.82) is 0 Å². The number of hydrogen-bond acceptors (Lipinski definition) is 3. The molecule has 108 valence electrons. The molecule has 1 saturated carbocycles. The molecule has 3 rings (SSSR count). The van der Waals surface area contributed by atoms with Crippen molar-refractivity contribution < 1.29 is 19.8 Å². The number of nitrogens with one attached hydrogen (secondary N) is 1. The molecule has 2 fully saturated rings. The van der Waals surface area contributed by atoms with Gasteiger partial charge in [-0.05, 0) is 43.4 Å². The SMILES string of the molecule is [2H]C1(Oc2cc(C3([2H])CNC(=O)C3([2H])[2H])ccc2OC)CCCC1. The Morgan fingerprint density at radius 3 is 2.80 bits per heavy atom. The Balaban J connectivity index is 1.99. The van der Waals surface area contributed by atoms with Gasteiger partial charge in [0.25, 0.3) is 0 Å². The van der Waals surface area contributed by atoms with Gasteiger partial charge >= 0.3 is 0 Å². The van der Waals surface area contributed by atoms with Gasteiger partial charge in [-0.2, -0.15) is 0 Å². The zero-order valence-electron chi connectivity index (χ0n) is 15.5. The number of benzene rings is 1. The average Bonchev–Trinajstić information content (AvgIpc) is 3.05. The van der Waals surface area contributed by atoms with E-state index in [1.807, 2.05) is 0 Å². The Labute approximate surface area is 125 Å². The molecular weight excluding hydrogens is 254 g/mol. The topological polar surface area (TPSA) is 47.6 Å². The van der Waals surface area contributed by atoms with Crippen molar-refractivity contribution >= 4 is 5.91 Å². The monoisotopic (exact) mass is 279 g/mol. The summed E-state index contributed by atoms with van der Waals surface area (Å²) in [5.41, 5.74) is 0.322. The highest BCUT2D eigenvalue weighted by molar-refractivity contribution is 5.79. The van der Waals surface area contributed by atoms with E-state index >= 15 is 0 Å². The van der Waals surface area contributed by atoms with Gasteiger partial charge < -0.3 is 14.8 Å². The maximum atomic E-state index is 11.7. The summed E-state index contributed by atoms with van der Waals surface area (Å²) in [6.45, 7) is -0.114. The van der Waals surface area contributed by atoms with Crippen LogP contribution in [0.5, 0.6) is 11.5 Å². The number of hydrogen-bond donors (Lipinski definition) is 1. The third-order valence-corrected chi connectivity index (χ3v) is 3.62. The van der Waals surface area contributed by atoms with E-state index in [1.54, 1.807) is 12.1 Å². The van der Waals surface area contributed by atoms with Crippen LogP contribution in [0.1, 0.15) is 49.0 Å². The van der Waals surface area contributed by atoms with E-state index in [4.69, 9.17) is 15.0 Å². The summed E-state index contributed by atoms with van der Waals surface area (Å²) in [4.78, 5) is 11.7. The lowest BCUT2D eigenvalue weighted by molar-refractivity contribution is -0.119. The van der Waals surface area contributed by atoms with Gasteiger partial charge in [0, 0.05) is 22.9 Å². The smallest absolute Gasteiger partial charge is 0.220 e. The van der Waals surface area contributed by atoms with Crippen molar-refractivity contribution in [2.75, 3.05) is 13.7 Å². The number of carbonyl (C=O) groups excluding carboxylic acids is 1. The van der Waals surface area contributed by atoms with Crippen molar-refractivity contribution in [3.63, 3.8) is 0 Å². The summed E-state index contributed by atoms with van der Waals surface area (Å²) in [7, 11) is 1.49. The van der Waals surface area contributed by atoms with E-state index in [2.05, 4.69) is 5.32 Å². The predicted octanol–water partition coefficient (Wildman–Crippen LogP) is 2.62. The fourth-order valence-electron chi connectivity index (χ4n) is 2.54. The maximum absolute atomic E-state index is 11.7. The van der Waals surface area contributed by atoms with Crippen LogP contribution in [-0.4, -0.2) is 25.6 Å². The highest BCUT2D eigenvalue weighted by Crippen LogP contribution is 2.35. The molecule has 4 nitrogen and oxygen atoms in total. The molecule has 0 aromatic heterocycles. The van der Waals surface area contributed by atoms with Gasteiger partial charge in [0.05, 0.1) is 14.6 Å². The molecule has 1 saturated heterocycles. The van der Waals surface area contributed by atoms with Crippen molar-refractivity contribution in [2.45, 2.75) is 44.0 Å². The quantitative estimate of drug-likeness (QED) is 0.921. The van der Waals surface area contributed by atoms with Gasteiger partial charge in [-0.3, -0.25) is 4.79 Å². The maximum Gasteiger partial charge on any atom is 0.220 e. The normalized spacial score (nSPS) is 33.5. The molecule has 1 atom stereocenters. The Bertz CT molecular complexity index is 661. The third kappa shape index (κ3) is 2.74. The van der Waals surface area contributed by atoms with E-state index in [1.165, 1.54) is 13.2 Å². The second-order valence-electron chi connectivity index (χ2n) is 5.00. The van der Waals surface area contributed by atoms with Crippen LogP contribution in [-0.2, 0) is 4.79 Å². The molecule has 1 amide bonds. The molecule has 2 aliphatic rings. The van der Waals surface area contributed by atoms with Gasteiger partial charge in [-0.25, -0.2) is 0 Å². The molecule has 1 heterocycles. The van der Waals surface area contributed by atoms with E-state index < -0.39 is 24.3 Å². The summed E-state index contributed by atoms with van der Waals surface area (Å²) in [5.74, 6) is -1.80. The minimum Gasteiger partial charge on any atom is -0.493 e. The van der Waals surface area contributed by atoms with E-state index in [0.29, 0.717) is 29.9 Å². The third-order valence-electron chi connectivity index (χ3n) is 3.62. The molecule has 1 unspecified atom stereocenters. The highest BCUT2D eigenvalue weighted by Gasteiger charge is 2.25. The Kier molecular flexibility index (Phi) is 2.66. The lowest BCUT2D eigenvalue weighted by atomic mass is 9.98. The summed E-state index contributed by atoms with van der Waals surface area (Å²) in [6, 6.07) is 4.69. The number of methoxy groups -OCH3 is 1. The lowest BCUT2D eigenvalue weighted by Crippen LogP contribution is -2.14. The van der Waals surface area contributed by atoms with Gasteiger partial charge in [-0.1, -0.05) is 6.07 Å². The first-order chi connectivity index (χ1) is 11.2. The lowest BCUT2D eigenvalue weighted by Gasteiger charge is -2.18. The molecule has 4 heteroatoms. The van der Waals surface area contributed by atoms with Crippen molar-refractivity contribution in [1.82, 2.24) is 5.32 Å². The number of amides is 1. The molecule has 0 bridgehead atoms. The fraction of sp³-hybridized carbons (Fsp3) is 0.562. The number of ether oxygens (including phenoxy) is 2. The molecule has 0 radical (unpaired) electrons. The second-order valence-corrected chi connectivity index (χ2v) is 5.00. The van der Waals surface area contributed by atoms with Crippen LogP contribution in [0.3, 0.4) is 0 Å². The van der Waals surface area contributed by atoms with Gasteiger partial charge in [-0.15, -0.1) is 0 Å². The molecular formula is C16H21NO3. The fourth-order valence-corrected chi connectivity index (χ4v) is 2.54. The van der Waals surface area contributed by atoms with Crippen molar-refractivity contribution in [3.05, 3.63) is 23.8 Å². The molecule has 0 spiro atoms. The predicted molar refractivity (Wildman–Crippen MR) is 76.2 cm³/mol. The highest BCUT2D eigenvalue weighted by atomic mass is 16.5. The first-order valence-electron chi connectivity index (χ1n) is 8.88. The molecule has 1 aliphatic carbocycles. The Morgan fingerprint density at radius 1 is 1.35 bits per heavy atom. The minimum atomic E-state index is -2.34. The van der Waals surface area contributed by atoms with Crippen LogP contribution in [0, 0.1) is 0 Å². The van der Waals surface area contributed by atoms with Crippen LogP contribution >= 0.6 is 0 Å². The minimum absolute atomic E-state index is 0.114. The van der Waals surface area contributed by atoms with E-state index in [-0.39, 0.29) is 6.54 Å². The largest absolute Gasteiger partial charge is 0.493 e. The summed E-state index contributed by atoms with van der Waals surface area (Å²) in [6.07, 6.45) is -0.279. The molecule has 20 heavy (non-hydrogen) atoms. The van der Waals surface area contributed by atoms with E-state index in [0.717, 1.165) is 12.8 Å². The van der Waals surface area contributed by atoms with Crippen LogP contribution in [0.4, 0.5) is 0 Å². The Hall–Kier alpha value is -1.71. The first kappa shape index (κ1) is 9.27. The van der Waals surface area contributed by atoms with Crippen LogP contribution in [0.2, 0.25) is 0 Å². The summed E-state index contributed by atoms with van der Waals surface area (Å²) in [5, 5.41) is 2.42. The summed E-state index contributed by atoms with van der Waals surface area (Å²) >= 11 is 0. The van der Waals surface area contributed by atoms with E-state index in [9.17, 15) is 4.79 Å². The van der Waals surface area contributed by atoms with Crippen LogP contribution in [0.25, 0.3) is 0 Å². The van der Waals surface area contributed by atoms with Crippen LogP contribution in [0.15, 0.2) is 18.2 Å². The molecule has 1 aromatic carbocycles. The van der Waals surface area contributed by atoms with Gasteiger partial charge in [0.15, 0.2) is 11.5 Å². The van der Waals surface area contributed by atoms with Crippen molar-refractivity contribution in [2.24, 2.45) is 0 Å². The number of carbonyl (C=O) groups is 1. The van der Waals surface area contributed by atoms with Crippen LogP contribution < -0.4 is 14.8 Å². The zero-order valence-corrected chi connectivity index (χ0v) is 11.5. The Morgan fingerprint density at radius 2 is 2.15 bits per heavy atom. The average molecular weight is 279 g/mol. The molecule has 1 aliphatic heterocycles. The van der Waals surface area contributed by atoms with Crippen molar-refractivity contribution in [3.8, 4) is 11.5 Å². The summed E-state index contributed by atoms with van der Waals surface area (Å²) < 4.78 is 44.0. The molecule has 1 aromatic rings. The first-order valence-corrected chi connectivity index (χ1v) is 6.88. The number of rotatable bonds is 4. The molecule has 1 N–H and O–H groups in total. The zero-order chi connectivity index (χ0) is 17.6. The van der Waals surface area contributed by atoms with Gasteiger partial charge in [0.2, 0.25) is 5.91 Å².